The highest BCUT2D eigenvalue weighted by Crippen LogP contribution is 2.45. The Hall–Kier alpha value is -2.77. The minimum absolute atomic E-state index is 0.0533. The van der Waals surface area contributed by atoms with Crippen LogP contribution in [0.2, 0.25) is 0 Å². The first-order chi connectivity index (χ1) is 16.4. The maximum Gasteiger partial charge on any atom is 0.107 e. The lowest BCUT2D eigenvalue weighted by molar-refractivity contribution is 0.177. The minimum atomic E-state index is -0.995. The fraction of sp³-hybridized carbons (Fsp3) is 0.200. The molecule has 0 aromatic heterocycles. The van der Waals surface area contributed by atoms with Crippen LogP contribution >= 0.6 is 8.15 Å². The normalized spacial score (nSPS) is 13.0. The van der Waals surface area contributed by atoms with E-state index in [0.717, 1.165) is 19.4 Å². The summed E-state index contributed by atoms with van der Waals surface area (Å²) in [6.07, 6.45) is 2.17. The van der Waals surface area contributed by atoms with Gasteiger partial charge in [0, 0.05) is 10.6 Å². The smallest absolute Gasteiger partial charge is 0.107 e. The molecule has 0 radical (unpaired) electrons. The predicted molar refractivity (Wildman–Crippen MR) is 141 cm³/mol. The Labute approximate surface area is 199 Å². The minimum Gasteiger partial charge on any atom is -0.340 e. The van der Waals surface area contributed by atoms with Crippen molar-refractivity contribution in [2.24, 2.45) is 0 Å². The zero-order valence-corrected chi connectivity index (χ0v) is 20.1. The predicted octanol–water partition coefficient (Wildman–Crippen LogP) is 6.92. The molecule has 0 aliphatic carbocycles. The highest BCUT2D eigenvalue weighted by Gasteiger charge is 2.29. The van der Waals surface area contributed by atoms with Crippen LogP contribution in [0.15, 0.2) is 121 Å². The van der Waals surface area contributed by atoms with Gasteiger partial charge in [-0.3, -0.25) is 0 Å². The van der Waals surface area contributed by atoms with Crippen LogP contribution in [-0.4, -0.2) is 6.54 Å². The van der Waals surface area contributed by atoms with Crippen LogP contribution in [0.5, 0.6) is 0 Å². The van der Waals surface area contributed by atoms with Gasteiger partial charge in [0.1, 0.15) is 6.10 Å². The van der Waals surface area contributed by atoms with Gasteiger partial charge in [0.25, 0.3) is 0 Å². The maximum absolute atomic E-state index is 7.16. The van der Waals surface area contributed by atoms with E-state index >= 15 is 0 Å². The second kappa shape index (κ2) is 12.5. The molecule has 0 saturated carbocycles. The second-order valence-electron chi connectivity index (χ2n) is 8.10. The van der Waals surface area contributed by atoms with E-state index in [1.54, 1.807) is 0 Å². The molecule has 0 unspecified atom stereocenters. The standard InChI is InChI=1S/C30H32NOP/c1-2-3-24-31-29(25-16-8-4-9-17-25)30(26-18-10-5-11-19-26)32-33(27-20-12-6-13-21-27)28-22-14-7-15-23-28/h4-23,29-31H,2-3,24H2,1H3/t29-,30+/m0/s1. The fourth-order valence-electron chi connectivity index (χ4n) is 3.96. The van der Waals surface area contributed by atoms with Crippen LogP contribution in [0.4, 0.5) is 0 Å². The summed E-state index contributed by atoms with van der Waals surface area (Å²) in [7, 11) is -0.995. The molecule has 168 valence electrons. The molecular formula is C30H32NOP. The van der Waals surface area contributed by atoms with E-state index in [2.05, 4.69) is 134 Å². The first-order valence-electron chi connectivity index (χ1n) is 11.8. The van der Waals surface area contributed by atoms with E-state index in [1.807, 2.05) is 0 Å². The van der Waals surface area contributed by atoms with Crippen LogP contribution in [0.3, 0.4) is 0 Å². The van der Waals surface area contributed by atoms with E-state index in [1.165, 1.54) is 21.7 Å². The number of nitrogens with one attached hydrogen (secondary N) is 1. The van der Waals surface area contributed by atoms with Crippen molar-refractivity contribution in [3.63, 3.8) is 0 Å². The average molecular weight is 454 g/mol. The van der Waals surface area contributed by atoms with Gasteiger partial charge in [-0.2, -0.15) is 0 Å². The van der Waals surface area contributed by atoms with Gasteiger partial charge in [0.2, 0.25) is 0 Å². The van der Waals surface area contributed by atoms with Crippen molar-refractivity contribution in [3.8, 4) is 0 Å². The van der Waals surface area contributed by atoms with Gasteiger partial charge < -0.3 is 9.84 Å². The summed E-state index contributed by atoms with van der Waals surface area (Å²) in [6.45, 7) is 3.19. The number of hydrogen-bond acceptors (Lipinski definition) is 2. The Kier molecular flexibility index (Phi) is 8.83. The maximum atomic E-state index is 7.16. The van der Waals surface area contributed by atoms with Crippen molar-refractivity contribution in [3.05, 3.63) is 132 Å². The summed E-state index contributed by atoms with van der Waals surface area (Å²) < 4.78 is 7.16. The molecule has 4 aromatic carbocycles. The van der Waals surface area contributed by atoms with E-state index in [-0.39, 0.29) is 12.1 Å². The zero-order valence-electron chi connectivity index (χ0n) is 19.2. The monoisotopic (exact) mass is 453 g/mol. The van der Waals surface area contributed by atoms with Gasteiger partial charge in [-0.05, 0) is 24.1 Å². The Morgan fingerprint density at radius 2 is 1.09 bits per heavy atom. The van der Waals surface area contributed by atoms with E-state index in [4.69, 9.17) is 4.52 Å². The van der Waals surface area contributed by atoms with Gasteiger partial charge in [0.05, 0.1) is 14.2 Å². The molecule has 2 nitrogen and oxygen atoms in total. The molecule has 0 amide bonds. The van der Waals surface area contributed by atoms with Crippen LogP contribution in [-0.2, 0) is 4.52 Å². The molecule has 1 N–H and O–H groups in total. The van der Waals surface area contributed by atoms with Crippen molar-refractivity contribution in [2.45, 2.75) is 31.9 Å². The van der Waals surface area contributed by atoms with Gasteiger partial charge in [0.15, 0.2) is 0 Å². The van der Waals surface area contributed by atoms with Crippen molar-refractivity contribution >= 4 is 18.8 Å². The molecule has 4 rings (SSSR count). The topological polar surface area (TPSA) is 21.3 Å². The quantitative estimate of drug-likeness (QED) is 0.197. The summed E-state index contributed by atoms with van der Waals surface area (Å²) in [5.41, 5.74) is 2.44. The first-order valence-corrected chi connectivity index (χ1v) is 13.0. The van der Waals surface area contributed by atoms with Gasteiger partial charge in [-0.25, -0.2) is 0 Å². The Balaban J connectivity index is 1.76. The van der Waals surface area contributed by atoms with Crippen molar-refractivity contribution in [2.75, 3.05) is 6.54 Å². The average Bonchev–Trinajstić information content (AvgIpc) is 2.90. The van der Waals surface area contributed by atoms with Gasteiger partial charge in [-0.15, -0.1) is 0 Å². The van der Waals surface area contributed by atoms with E-state index in [0.29, 0.717) is 0 Å². The van der Waals surface area contributed by atoms with Crippen molar-refractivity contribution < 1.29 is 4.52 Å². The lowest BCUT2D eigenvalue weighted by Gasteiger charge is -2.33. The van der Waals surface area contributed by atoms with Crippen LogP contribution < -0.4 is 15.9 Å². The van der Waals surface area contributed by atoms with E-state index in [9.17, 15) is 0 Å². The molecular weight excluding hydrogens is 421 g/mol. The molecule has 0 aliphatic heterocycles. The number of unbranched alkanes of at least 4 members (excludes halogenated alkanes) is 1. The summed E-state index contributed by atoms with van der Waals surface area (Å²) in [4.78, 5) is 0. The van der Waals surface area contributed by atoms with Crippen molar-refractivity contribution in [1.82, 2.24) is 5.32 Å². The lowest BCUT2D eigenvalue weighted by Crippen LogP contribution is -2.30. The molecule has 3 heteroatoms. The summed E-state index contributed by atoms with van der Waals surface area (Å²) in [6, 6.07) is 42.7. The Morgan fingerprint density at radius 1 is 0.636 bits per heavy atom. The molecule has 0 fully saturated rings. The molecule has 0 bridgehead atoms. The first kappa shape index (κ1) is 23.4. The molecule has 4 aromatic rings. The largest absolute Gasteiger partial charge is 0.340 e. The number of hydrogen-bond donors (Lipinski definition) is 1. The summed E-state index contributed by atoms with van der Waals surface area (Å²) in [5.74, 6) is 0. The van der Waals surface area contributed by atoms with Gasteiger partial charge >= 0.3 is 0 Å². The second-order valence-corrected chi connectivity index (χ2v) is 9.93. The third-order valence-corrected chi connectivity index (χ3v) is 7.66. The van der Waals surface area contributed by atoms with Crippen molar-refractivity contribution in [1.29, 1.82) is 0 Å². The number of benzene rings is 4. The molecule has 0 spiro atoms. The lowest BCUT2D eigenvalue weighted by atomic mass is 9.95. The van der Waals surface area contributed by atoms with Crippen LogP contribution in [0.1, 0.15) is 43.0 Å². The summed E-state index contributed by atoms with van der Waals surface area (Å²) in [5, 5.41) is 6.27. The van der Waals surface area contributed by atoms with E-state index < -0.39 is 8.15 Å². The Morgan fingerprint density at radius 3 is 1.58 bits per heavy atom. The van der Waals surface area contributed by atoms with Gasteiger partial charge in [-0.1, -0.05) is 135 Å². The molecule has 0 heterocycles. The third-order valence-electron chi connectivity index (χ3n) is 5.68. The van der Waals surface area contributed by atoms with Crippen LogP contribution in [0, 0.1) is 0 Å². The highest BCUT2D eigenvalue weighted by atomic mass is 31.1. The Bertz CT molecular complexity index is 1020. The molecule has 33 heavy (non-hydrogen) atoms. The SMILES string of the molecule is CCCCN[C@@H](c1ccccc1)[C@H](OP(c1ccccc1)c1ccccc1)c1ccccc1. The third kappa shape index (κ3) is 6.39. The zero-order chi connectivity index (χ0) is 22.7. The molecule has 0 aliphatic rings. The number of rotatable bonds is 11. The summed E-state index contributed by atoms with van der Waals surface area (Å²) >= 11 is 0. The molecule has 2 atom stereocenters. The highest BCUT2D eigenvalue weighted by molar-refractivity contribution is 7.68. The fourth-order valence-corrected chi connectivity index (χ4v) is 5.86. The molecule has 0 saturated heterocycles. The van der Waals surface area contributed by atoms with Crippen LogP contribution in [0.25, 0.3) is 0 Å².